The molecule has 2 N–H and O–H groups in total. The average molecular weight is 343 g/mol. The summed E-state index contributed by atoms with van der Waals surface area (Å²) >= 11 is 1.62. The number of nitrogens with one attached hydrogen (secondary N) is 1. The topological polar surface area (TPSA) is 66.4 Å². The number of carboxylic acid groups (broad SMARTS) is 1. The van der Waals surface area contributed by atoms with Crippen LogP contribution in [0.5, 0.6) is 0 Å². The molecule has 0 fully saturated rings. The van der Waals surface area contributed by atoms with Gasteiger partial charge in [-0.2, -0.15) is 0 Å². The summed E-state index contributed by atoms with van der Waals surface area (Å²) in [6.45, 7) is 0. The molecule has 1 amide bonds. The van der Waals surface area contributed by atoms with Crippen molar-refractivity contribution in [3.05, 3.63) is 65.7 Å². The molecule has 0 bridgehead atoms. The van der Waals surface area contributed by atoms with E-state index in [-0.39, 0.29) is 18.4 Å². The van der Waals surface area contributed by atoms with Crippen molar-refractivity contribution in [3.63, 3.8) is 0 Å². The second-order valence-electron chi connectivity index (χ2n) is 5.52. The Labute approximate surface area is 146 Å². The largest absolute Gasteiger partial charge is 0.481 e. The second-order valence-corrected chi connectivity index (χ2v) is 6.40. The average Bonchev–Trinajstić information content (AvgIpc) is 2.60. The number of hydrogen-bond acceptors (Lipinski definition) is 3. The van der Waals surface area contributed by atoms with Crippen LogP contribution in [0.2, 0.25) is 0 Å². The predicted octanol–water partition coefficient (Wildman–Crippen LogP) is 3.61. The molecule has 0 aromatic heterocycles. The van der Waals surface area contributed by atoms with Gasteiger partial charge in [0.2, 0.25) is 0 Å². The smallest absolute Gasteiger partial charge is 0.303 e. The first kappa shape index (κ1) is 18.1. The summed E-state index contributed by atoms with van der Waals surface area (Å²) in [5, 5.41) is 11.9. The molecule has 1 atom stereocenters. The van der Waals surface area contributed by atoms with Gasteiger partial charge in [-0.05, 0) is 48.9 Å². The minimum Gasteiger partial charge on any atom is -0.481 e. The van der Waals surface area contributed by atoms with Crippen molar-refractivity contribution in [3.8, 4) is 0 Å². The van der Waals surface area contributed by atoms with Crippen molar-refractivity contribution in [2.24, 2.45) is 0 Å². The van der Waals surface area contributed by atoms with Crippen molar-refractivity contribution in [2.45, 2.75) is 30.2 Å². The molecule has 24 heavy (non-hydrogen) atoms. The first-order valence-corrected chi connectivity index (χ1v) is 9.01. The SMILES string of the molecule is CSc1ccc(C(=O)NC(CCC(=O)O)Cc2ccccc2)cc1. The van der Waals surface area contributed by atoms with Gasteiger partial charge in [0, 0.05) is 22.9 Å². The Morgan fingerprint density at radius 3 is 2.33 bits per heavy atom. The van der Waals surface area contributed by atoms with Crippen LogP contribution in [0, 0.1) is 0 Å². The highest BCUT2D eigenvalue weighted by Crippen LogP contribution is 2.15. The Kier molecular flexibility index (Phi) is 6.88. The van der Waals surface area contributed by atoms with Crippen molar-refractivity contribution < 1.29 is 14.7 Å². The van der Waals surface area contributed by atoms with Gasteiger partial charge >= 0.3 is 5.97 Å². The Bertz CT molecular complexity index is 671. The molecule has 0 spiro atoms. The van der Waals surface area contributed by atoms with Gasteiger partial charge < -0.3 is 10.4 Å². The summed E-state index contributed by atoms with van der Waals surface area (Å²) in [6, 6.07) is 16.9. The van der Waals surface area contributed by atoms with E-state index in [1.54, 1.807) is 23.9 Å². The highest BCUT2D eigenvalue weighted by atomic mass is 32.2. The zero-order chi connectivity index (χ0) is 17.4. The molecule has 0 saturated carbocycles. The van der Waals surface area contributed by atoms with Crippen molar-refractivity contribution in [1.82, 2.24) is 5.32 Å². The summed E-state index contributed by atoms with van der Waals surface area (Å²) in [5.74, 6) is -1.03. The highest BCUT2D eigenvalue weighted by Gasteiger charge is 2.16. The lowest BCUT2D eigenvalue weighted by molar-refractivity contribution is -0.137. The summed E-state index contributed by atoms with van der Waals surface area (Å²) < 4.78 is 0. The van der Waals surface area contributed by atoms with E-state index in [2.05, 4.69) is 5.32 Å². The lowest BCUT2D eigenvalue weighted by Gasteiger charge is -2.18. The van der Waals surface area contributed by atoms with Gasteiger partial charge in [-0.1, -0.05) is 30.3 Å². The molecule has 126 valence electrons. The number of carbonyl (C=O) groups is 2. The highest BCUT2D eigenvalue weighted by molar-refractivity contribution is 7.98. The van der Waals surface area contributed by atoms with Gasteiger partial charge in [0.25, 0.3) is 5.91 Å². The van der Waals surface area contributed by atoms with E-state index in [0.29, 0.717) is 18.4 Å². The number of aliphatic carboxylic acids is 1. The fraction of sp³-hybridized carbons (Fsp3) is 0.263. The van der Waals surface area contributed by atoms with Gasteiger partial charge in [-0.15, -0.1) is 11.8 Å². The first-order valence-electron chi connectivity index (χ1n) is 7.79. The Hall–Kier alpha value is -2.27. The summed E-state index contributed by atoms with van der Waals surface area (Å²) in [5.41, 5.74) is 1.66. The fourth-order valence-electron chi connectivity index (χ4n) is 2.43. The van der Waals surface area contributed by atoms with Gasteiger partial charge in [0.15, 0.2) is 0 Å². The molecule has 5 heteroatoms. The van der Waals surface area contributed by atoms with E-state index in [1.807, 2.05) is 48.7 Å². The standard InChI is InChI=1S/C19H21NO3S/c1-24-17-10-7-15(8-11-17)19(23)20-16(9-12-18(21)22)13-14-5-3-2-4-6-14/h2-8,10-11,16H,9,12-13H2,1H3,(H,20,23)(H,21,22). The zero-order valence-corrected chi connectivity index (χ0v) is 14.4. The molecule has 0 radical (unpaired) electrons. The molecule has 4 nitrogen and oxygen atoms in total. The zero-order valence-electron chi connectivity index (χ0n) is 13.6. The van der Waals surface area contributed by atoms with E-state index in [1.165, 1.54) is 0 Å². The molecule has 0 aliphatic rings. The summed E-state index contributed by atoms with van der Waals surface area (Å²) in [6.07, 6.45) is 3.03. The molecule has 2 rings (SSSR count). The van der Waals surface area contributed by atoms with Crippen LogP contribution in [0.4, 0.5) is 0 Å². The number of benzene rings is 2. The Morgan fingerprint density at radius 1 is 1.08 bits per heavy atom. The Morgan fingerprint density at radius 2 is 1.75 bits per heavy atom. The number of carbonyl (C=O) groups excluding carboxylic acids is 1. The van der Waals surface area contributed by atoms with Crippen molar-refractivity contribution in [2.75, 3.05) is 6.26 Å². The van der Waals surface area contributed by atoms with Crippen LogP contribution >= 0.6 is 11.8 Å². The van der Waals surface area contributed by atoms with Crippen molar-refractivity contribution in [1.29, 1.82) is 0 Å². The third-order valence-corrected chi connectivity index (χ3v) is 4.46. The van der Waals surface area contributed by atoms with E-state index in [0.717, 1.165) is 10.5 Å². The number of carboxylic acids is 1. The molecule has 0 saturated heterocycles. The van der Waals surface area contributed by atoms with Crippen LogP contribution < -0.4 is 5.32 Å². The van der Waals surface area contributed by atoms with Gasteiger partial charge in [-0.3, -0.25) is 9.59 Å². The minimum absolute atomic E-state index is 0.0309. The molecule has 0 aliphatic heterocycles. The first-order chi connectivity index (χ1) is 11.6. The molecule has 0 aliphatic carbocycles. The quantitative estimate of drug-likeness (QED) is 0.719. The molecule has 1 unspecified atom stereocenters. The monoisotopic (exact) mass is 343 g/mol. The number of thioether (sulfide) groups is 1. The second kappa shape index (κ2) is 9.13. The normalized spacial score (nSPS) is 11.7. The van der Waals surface area contributed by atoms with E-state index in [9.17, 15) is 9.59 Å². The van der Waals surface area contributed by atoms with Crippen LogP contribution in [0.25, 0.3) is 0 Å². The van der Waals surface area contributed by atoms with E-state index < -0.39 is 5.97 Å². The maximum absolute atomic E-state index is 12.4. The fourth-order valence-corrected chi connectivity index (χ4v) is 2.84. The number of amides is 1. The summed E-state index contributed by atoms with van der Waals surface area (Å²) in [7, 11) is 0. The summed E-state index contributed by atoms with van der Waals surface area (Å²) in [4.78, 5) is 24.4. The van der Waals surface area contributed by atoms with E-state index >= 15 is 0 Å². The maximum atomic E-state index is 12.4. The maximum Gasteiger partial charge on any atom is 0.303 e. The molecule has 0 heterocycles. The molecule has 2 aromatic rings. The van der Waals surface area contributed by atoms with Gasteiger partial charge in [0.05, 0.1) is 0 Å². The third-order valence-electron chi connectivity index (χ3n) is 3.72. The van der Waals surface area contributed by atoms with Crippen molar-refractivity contribution >= 4 is 23.6 Å². The van der Waals surface area contributed by atoms with Crippen LogP contribution in [0.1, 0.15) is 28.8 Å². The van der Waals surface area contributed by atoms with Gasteiger partial charge in [-0.25, -0.2) is 0 Å². The molecular weight excluding hydrogens is 322 g/mol. The molecule has 2 aromatic carbocycles. The van der Waals surface area contributed by atoms with Crippen LogP contribution in [0.3, 0.4) is 0 Å². The van der Waals surface area contributed by atoms with Crippen LogP contribution in [-0.4, -0.2) is 29.3 Å². The van der Waals surface area contributed by atoms with Gasteiger partial charge in [0.1, 0.15) is 0 Å². The van der Waals surface area contributed by atoms with Crippen LogP contribution in [-0.2, 0) is 11.2 Å². The lowest BCUT2D eigenvalue weighted by Crippen LogP contribution is -2.36. The predicted molar refractivity (Wildman–Crippen MR) is 96.5 cm³/mol. The van der Waals surface area contributed by atoms with Crippen LogP contribution in [0.15, 0.2) is 59.5 Å². The minimum atomic E-state index is -0.855. The van der Waals surface area contributed by atoms with E-state index in [4.69, 9.17) is 5.11 Å². The third kappa shape index (κ3) is 5.74. The molecular formula is C19H21NO3S. The number of rotatable bonds is 8. The Balaban J connectivity index is 2.04. The number of hydrogen-bond donors (Lipinski definition) is 2. The lowest BCUT2D eigenvalue weighted by atomic mass is 10.0.